The Hall–Kier alpha value is -3.61. The topological polar surface area (TPSA) is 79.3 Å². The lowest BCUT2D eigenvalue weighted by molar-refractivity contribution is -0.116. The molecule has 34 heavy (non-hydrogen) atoms. The van der Waals surface area contributed by atoms with Crippen LogP contribution in [0.4, 0.5) is 16.3 Å². The summed E-state index contributed by atoms with van der Waals surface area (Å²) >= 11 is 0. The Kier molecular flexibility index (Phi) is 7.76. The van der Waals surface area contributed by atoms with Gasteiger partial charge in [0.05, 0.1) is 11.4 Å². The van der Waals surface area contributed by atoms with Crippen molar-refractivity contribution in [3.05, 3.63) is 71.4 Å². The van der Waals surface area contributed by atoms with Crippen LogP contribution in [0.2, 0.25) is 0 Å². The molecule has 0 saturated carbocycles. The minimum atomic E-state index is -0.311. The largest absolute Gasteiger partial charge is 0.322 e. The highest BCUT2D eigenvalue weighted by Gasteiger charge is 2.23. The lowest BCUT2D eigenvalue weighted by Crippen LogP contribution is -2.40. The smallest absolute Gasteiger partial charge is 0.315 e. The van der Waals surface area contributed by atoms with Crippen LogP contribution in [0.5, 0.6) is 0 Å². The molecule has 0 aliphatic carbocycles. The number of nitrogens with one attached hydrogen (secondary N) is 2. The quantitative estimate of drug-likeness (QED) is 0.485. The summed E-state index contributed by atoms with van der Waals surface area (Å²) in [5.74, 6) is 0.297. The summed E-state index contributed by atoms with van der Waals surface area (Å²) in [5, 5.41) is 10.6. The summed E-state index contributed by atoms with van der Waals surface area (Å²) in [6, 6.07) is 17.2. The van der Waals surface area contributed by atoms with Crippen LogP contribution in [0.25, 0.3) is 5.69 Å². The maximum Gasteiger partial charge on any atom is 0.322 e. The van der Waals surface area contributed by atoms with E-state index in [1.165, 1.54) is 4.90 Å². The van der Waals surface area contributed by atoms with Crippen LogP contribution in [0, 0.1) is 6.92 Å². The van der Waals surface area contributed by atoms with Crippen LogP contribution >= 0.6 is 0 Å². The highest BCUT2D eigenvalue weighted by Crippen LogP contribution is 2.27. The van der Waals surface area contributed by atoms with Crippen LogP contribution in [0.1, 0.15) is 51.4 Å². The molecule has 2 N–H and O–H groups in total. The molecule has 7 heteroatoms. The van der Waals surface area contributed by atoms with E-state index in [1.54, 1.807) is 4.68 Å². The molecular formula is C27H35N5O2. The first-order valence-electron chi connectivity index (χ1n) is 11.7. The third-order valence-electron chi connectivity index (χ3n) is 5.68. The molecular weight excluding hydrogens is 426 g/mol. The fourth-order valence-electron chi connectivity index (χ4n) is 3.58. The van der Waals surface area contributed by atoms with Crippen LogP contribution in [-0.4, -0.2) is 39.7 Å². The average Bonchev–Trinajstić information content (AvgIpc) is 3.21. The molecule has 0 atom stereocenters. The first-order valence-corrected chi connectivity index (χ1v) is 11.7. The van der Waals surface area contributed by atoms with Gasteiger partial charge in [0, 0.05) is 23.7 Å². The van der Waals surface area contributed by atoms with Crippen LogP contribution in [0.3, 0.4) is 0 Å². The maximum absolute atomic E-state index is 13.0. The number of nitrogens with zero attached hydrogens (tertiary/aromatic N) is 3. The summed E-state index contributed by atoms with van der Waals surface area (Å²) in [7, 11) is 0. The highest BCUT2D eigenvalue weighted by atomic mass is 16.2. The Morgan fingerprint density at radius 2 is 1.74 bits per heavy atom. The number of anilines is 2. The zero-order valence-corrected chi connectivity index (χ0v) is 21.0. The van der Waals surface area contributed by atoms with Gasteiger partial charge in [0.25, 0.3) is 0 Å². The fraction of sp³-hybridized carbons (Fsp3) is 0.370. The average molecular weight is 462 g/mol. The predicted octanol–water partition coefficient (Wildman–Crippen LogP) is 5.53. The van der Waals surface area contributed by atoms with Gasteiger partial charge in [-0.3, -0.25) is 4.79 Å². The third-order valence-corrected chi connectivity index (χ3v) is 5.68. The molecule has 3 aromatic rings. The monoisotopic (exact) mass is 461 g/mol. The van der Waals surface area contributed by atoms with E-state index in [0.29, 0.717) is 12.4 Å². The van der Waals surface area contributed by atoms with Crippen LogP contribution < -0.4 is 10.6 Å². The van der Waals surface area contributed by atoms with Crippen LogP contribution in [-0.2, 0) is 16.6 Å². The van der Waals surface area contributed by atoms with E-state index in [9.17, 15) is 9.59 Å². The van der Waals surface area contributed by atoms with Gasteiger partial charge in [-0.1, -0.05) is 58.0 Å². The van der Waals surface area contributed by atoms with E-state index in [1.807, 2.05) is 68.4 Å². The molecule has 0 unspecified atom stereocenters. The molecule has 0 spiro atoms. The van der Waals surface area contributed by atoms with Crippen molar-refractivity contribution in [2.45, 2.75) is 53.4 Å². The number of rotatable bonds is 7. The van der Waals surface area contributed by atoms with Crippen molar-refractivity contribution in [2.75, 3.05) is 23.7 Å². The lowest BCUT2D eigenvalue weighted by atomic mass is 9.92. The van der Waals surface area contributed by atoms with Gasteiger partial charge in [0.15, 0.2) is 0 Å². The van der Waals surface area contributed by atoms with E-state index >= 15 is 0 Å². The Labute approximate surface area is 202 Å². The number of para-hydroxylation sites is 1. The zero-order valence-electron chi connectivity index (χ0n) is 21.0. The summed E-state index contributed by atoms with van der Waals surface area (Å²) in [4.78, 5) is 27.3. The van der Waals surface area contributed by atoms with Crippen LogP contribution in [0.15, 0.2) is 54.6 Å². The number of likely N-dealkylation sites (N-methyl/N-ethyl adjacent to an activating group) is 1. The molecule has 7 nitrogen and oxygen atoms in total. The Morgan fingerprint density at radius 1 is 1.00 bits per heavy atom. The molecule has 180 valence electrons. The van der Waals surface area contributed by atoms with E-state index in [2.05, 4.69) is 38.3 Å². The highest BCUT2D eigenvalue weighted by molar-refractivity contribution is 5.96. The van der Waals surface area contributed by atoms with Gasteiger partial charge in [0.2, 0.25) is 5.91 Å². The van der Waals surface area contributed by atoms with Gasteiger partial charge in [-0.25, -0.2) is 9.48 Å². The number of carbonyl (C=O) groups excluding carboxylic acids is 2. The second-order valence-corrected chi connectivity index (χ2v) is 9.41. The van der Waals surface area contributed by atoms with Gasteiger partial charge < -0.3 is 15.5 Å². The van der Waals surface area contributed by atoms with E-state index < -0.39 is 0 Å². The van der Waals surface area contributed by atoms with Gasteiger partial charge in [-0.2, -0.15) is 5.10 Å². The predicted molar refractivity (Wildman–Crippen MR) is 138 cm³/mol. The number of amides is 3. The zero-order chi connectivity index (χ0) is 24.9. The molecule has 0 aliphatic rings. The van der Waals surface area contributed by atoms with Crippen molar-refractivity contribution >= 4 is 23.4 Å². The molecule has 1 aromatic heterocycles. The van der Waals surface area contributed by atoms with Gasteiger partial charge in [0.1, 0.15) is 12.4 Å². The van der Waals surface area contributed by atoms with Crippen molar-refractivity contribution in [1.29, 1.82) is 0 Å². The summed E-state index contributed by atoms with van der Waals surface area (Å²) in [5.41, 5.74) is 4.48. The molecule has 3 rings (SSSR count). The first kappa shape index (κ1) is 25.0. The van der Waals surface area contributed by atoms with Crippen molar-refractivity contribution < 1.29 is 9.59 Å². The second-order valence-electron chi connectivity index (χ2n) is 9.41. The molecule has 3 amide bonds. The fourth-order valence-corrected chi connectivity index (χ4v) is 3.58. The number of aromatic nitrogens is 2. The lowest BCUT2D eigenvalue weighted by Gasteiger charge is -2.21. The molecule has 0 saturated heterocycles. The molecule has 2 aromatic carbocycles. The third kappa shape index (κ3) is 6.04. The van der Waals surface area contributed by atoms with E-state index in [-0.39, 0.29) is 23.9 Å². The van der Waals surface area contributed by atoms with Crippen molar-refractivity contribution in [1.82, 2.24) is 14.7 Å². The SMILES string of the molecule is CCc1cccc(NC(=O)N(CC)CC(=O)Nc2cc(C(C)(C)C)nn2-c2ccccc2C)c1. The molecule has 0 aliphatic heterocycles. The van der Waals surface area contributed by atoms with E-state index in [4.69, 9.17) is 5.10 Å². The number of hydrogen-bond acceptors (Lipinski definition) is 3. The minimum absolute atomic E-state index is 0.0698. The molecule has 0 fully saturated rings. The van der Waals surface area contributed by atoms with Gasteiger partial charge in [-0.05, 0) is 49.6 Å². The Balaban J connectivity index is 1.78. The molecule has 0 bridgehead atoms. The number of aryl methyl sites for hydroxylation is 2. The normalized spacial score (nSPS) is 11.2. The summed E-state index contributed by atoms with van der Waals surface area (Å²) in [6.45, 7) is 12.5. The standard InChI is InChI=1S/C27H35N5O2/c1-7-20-13-11-14-21(16-20)28-26(34)31(8-2)18-25(33)29-24-17-23(27(4,5)6)30-32(24)22-15-10-9-12-19(22)3/h9-17H,7-8,18H2,1-6H3,(H,28,34)(H,29,33). The Bertz CT molecular complexity index is 1160. The first-order chi connectivity index (χ1) is 16.1. The van der Waals surface area contributed by atoms with Gasteiger partial charge in [-0.15, -0.1) is 0 Å². The number of benzene rings is 2. The maximum atomic E-state index is 13.0. The molecule has 0 radical (unpaired) electrons. The summed E-state index contributed by atoms with van der Waals surface area (Å²) in [6.07, 6.45) is 0.884. The van der Waals surface area contributed by atoms with Crippen molar-refractivity contribution in [3.8, 4) is 5.69 Å². The minimum Gasteiger partial charge on any atom is -0.315 e. The molecule has 1 heterocycles. The number of carbonyl (C=O) groups is 2. The number of hydrogen-bond donors (Lipinski definition) is 2. The van der Waals surface area contributed by atoms with E-state index in [0.717, 1.165) is 34.6 Å². The summed E-state index contributed by atoms with van der Waals surface area (Å²) < 4.78 is 1.76. The number of urea groups is 1. The van der Waals surface area contributed by atoms with Gasteiger partial charge >= 0.3 is 6.03 Å². The second kappa shape index (κ2) is 10.5. The Morgan fingerprint density at radius 3 is 2.38 bits per heavy atom. The van der Waals surface area contributed by atoms with Crippen molar-refractivity contribution in [2.24, 2.45) is 0 Å². The van der Waals surface area contributed by atoms with Crippen molar-refractivity contribution in [3.63, 3.8) is 0 Å².